The first kappa shape index (κ1) is 16.7. The quantitative estimate of drug-likeness (QED) is 0.840. The molecule has 0 radical (unpaired) electrons. The average molecular weight is 301 g/mol. The van der Waals surface area contributed by atoms with E-state index in [0.717, 1.165) is 12.1 Å². The van der Waals surface area contributed by atoms with Crippen LogP contribution in [-0.2, 0) is 22.3 Å². The van der Waals surface area contributed by atoms with E-state index in [1.54, 1.807) is 0 Å². The van der Waals surface area contributed by atoms with Gasteiger partial charge in [0.05, 0.1) is 5.56 Å². The lowest BCUT2D eigenvalue weighted by atomic mass is 10.1. The number of aliphatic carboxylic acids is 1. The van der Waals surface area contributed by atoms with Crippen molar-refractivity contribution in [1.82, 2.24) is 5.32 Å². The average Bonchev–Trinajstić information content (AvgIpc) is 2.42. The first-order valence-electron chi connectivity index (χ1n) is 5.98. The van der Waals surface area contributed by atoms with Crippen LogP contribution >= 0.6 is 0 Å². The number of carboxylic acid groups (broad SMARTS) is 1. The van der Waals surface area contributed by atoms with Crippen LogP contribution in [-0.4, -0.2) is 17.0 Å². The molecule has 0 saturated heterocycles. The van der Waals surface area contributed by atoms with E-state index >= 15 is 0 Å². The molecule has 0 aromatic heterocycles. The maximum atomic E-state index is 12.5. The van der Waals surface area contributed by atoms with Gasteiger partial charge in [-0.15, -0.1) is 0 Å². The van der Waals surface area contributed by atoms with E-state index in [1.807, 2.05) is 0 Å². The van der Waals surface area contributed by atoms with Gasteiger partial charge in [0.1, 0.15) is 0 Å². The molecule has 1 aromatic carbocycles. The molecule has 0 aliphatic heterocycles. The summed E-state index contributed by atoms with van der Waals surface area (Å²) in [4.78, 5) is 22.4. The Morgan fingerprint density at radius 1 is 1.19 bits per heavy atom. The van der Waals surface area contributed by atoms with Crippen molar-refractivity contribution in [1.29, 1.82) is 0 Å². The standard InChI is InChI=1S/C14H14F3NO3/c1-8(9(2)13(20)21)12(19)18-7-10-4-3-5-11(6-10)14(15,16)17/h3-6H,7H2,1-2H3,(H,18,19)(H,20,21). The SMILES string of the molecule is CC(C(=O)O)=C(C)C(=O)NCc1cccc(C(F)(F)F)c1. The summed E-state index contributed by atoms with van der Waals surface area (Å²) in [6.45, 7) is 2.50. The van der Waals surface area contributed by atoms with E-state index < -0.39 is 23.6 Å². The van der Waals surface area contributed by atoms with Crippen molar-refractivity contribution >= 4 is 11.9 Å². The van der Waals surface area contributed by atoms with Crippen LogP contribution in [0.1, 0.15) is 25.0 Å². The fraction of sp³-hybridized carbons (Fsp3) is 0.286. The summed E-state index contributed by atoms with van der Waals surface area (Å²) >= 11 is 0. The lowest BCUT2D eigenvalue weighted by Crippen LogP contribution is -2.25. The Hall–Kier alpha value is -2.31. The highest BCUT2D eigenvalue weighted by Gasteiger charge is 2.30. The Morgan fingerprint density at radius 3 is 2.33 bits per heavy atom. The highest BCUT2D eigenvalue weighted by atomic mass is 19.4. The minimum Gasteiger partial charge on any atom is -0.478 e. The molecule has 7 heteroatoms. The third-order valence-electron chi connectivity index (χ3n) is 2.93. The third-order valence-corrected chi connectivity index (χ3v) is 2.93. The maximum absolute atomic E-state index is 12.5. The molecule has 0 aliphatic carbocycles. The van der Waals surface area contributed by atoms with Gasteiger partial charge in [0.15, 0.2) is 0 Å². The Kier molecular flexibility index (Phi) is 5.12. The molecule has 0 unspecified atom stereocenters. The van der Waals surface area contributed by atoms with Gasteiger partial charge in [-0.2, -0.15) is 13.2 Å². The number of amides is 1. The molecule has 0 saturated carbocycles. The Morgan fingerprint density at radius 2 is 1.81 bits per heavy atom. The van der Waals surface area contributed by atoms with Crippen molar-refractivity contribution in [2.45, 2.75) is 26.6 Å². The molecule has 0 fully saturated rings. The summed E-state index contributed by atoms with van der Waals surface area (Å²) in [5.41, 5.74) is -0.631. The number of hydrogen-bond acceptors (Lipinski definition) is 2. The minimum atomic E-state index is -4.45. The van der Waals surface area contributed by atoms with Gasteiger partial charge in [0.25, 0.3) is 0 Å². The van der Waals surface area contributed by atoms with Crippen LogP contribution in [0.25, 0.3) is 0 Å². The van der Waals surface area contributed by atoms with Gasteiger partial charge < -0.3 is 10.4 Å². The zero-order valence-corrected chi connectivity index (χ0v) is 11.4. The van der Waals surface area contributed by atoms with Crippen molar-refractivity contribution in [2.24, 2.45) is 0 Å². The van der Waals surface area contributed by atoms with Gasteiger partial charge in [-0.05, 0) is 31.5 Å². The van der Waals surface area contributed by atoms with Crippen molar-refractivity contribution in [3.8, 4) is 0 Å². The molecule has 2 N–H and O–H groups in total. The largest absolute Gasteiger partial charge is 0.478 e. The van der Waals surface area contributed by atoms with Crippen LogP contribution in [0, 0.1) is 0 Å². The highest BCUT2D eigenvalue weighted by molar-refractivity contribution is 6.01. The second-order valence-corrected chi connectivity index (χ2v) is 4.44. The summed E-state index contributed by atoms with van der Waals surface area (Å²) in [5.74, 6) is -1.85. The number of rotatable bonds is 4. The van der Waals surface area contributed by atoms with E-state index in [1.165, 1.54) is 26.0 Å². The number of hydrogen-bond donors (Lipinski definition) is 2. The van der Waals surface area contributed by atoms with E-state index in [9.17, 15) is 22.8 Å². The van der Waals surface area contributed by atoms with Crippen molar-refractivity contribution < 1.29 is 27.9 Å². The maximum Gasteiger partial charge on any atom is 0.416 e. The van der Waals surface area contributed by atoms with Gasteiger partial charge in [0.2, 0.25) is 5.91 Å². The highest BCUT2D eigenvalue weighted by Crippen LogP contribution is 2.29. The second-order valence-electron chi connectivity index (χ2n) is 4.44. The topological polar surface area (TPSA) is 66.4 Å². The van der Waals surface area contributed by atoms with Crippen LogP contribution in [0.15, 0.2) is 35.4 Å². The molecule has 0 atom stereocenters. The van der Waals surface area contributed by atoms with Crippen molar-refractivity contribution in [3.05, 3.63) is 46.5 Å². The number of halogens is 3. The monoisotopic (exact) mass is 301 g/mol. The normalized spacial score (nSPS) is 12.6. The molecule has 1 aromatic rings. The smallest absolute Gasteiger partial charge is 0.416 e. The molecule has 0 heterocycles. The van der Waals surface area contributed by atoms with Gasteiger partial charge in [0, 0.05) is 17.7 Å². The Labute approximate surface area is 119 Å². The van der Waals surface area contributed by atoms with Gasteiger partial charge in [-0.1, -0.05) is 12.1 Å². The Balaban J connectivity index is 2.79. The molecule has 0 bridgehead atoms. The van der Waals surface area contributed by atoms with Crippen LogP contribution in [0.3, 0.4) is 0 Å². The van der Waals surface area contributed by atoms with Gasteiger partial charge in [-0.25, -0.2) is 4.79 Å². The van der Waals surface area contributed by atoms with E-state index in [-0.39, 0.29) is 23.3 Å². The molecule has 114 valence electrons. The first-order chi connectivity index (χ1) is 9.62. The molecule has 0 spiro atoms. The third kappa shape index (κ3) is 4.62. The predicted molar refractivity (Wildman–Crippen MR) is 69.3 cm³/mol. The minimum absolute atomic E-state index is 0.00877. The Bertz CT molecular complexity index is 591. The summed E-state index contributed by atoms with van der Waals surface area (Å²) in [7, 11) is 0. The molecule has 4 nitrogen and oxygen atoms in total. The fourth-order valence-corrected chi connectivity index (χ4v) is 1.50. The molecule has 1 amide bonds. The lowest BCUT2D eigenvalue weighted by molar-refractivity contribution is -0.137. The number of nitrogens with one attached hydrogen (secondary N) is 1. The predicted octanol–water partition coefficient (Wildman–Crippen LogP) is 2.74. The second kappa shape index (κ2) is 6.43. The lowest BCUT2D eigenvalue weighted by Gasteiger charge is -2.10. The molecular weight excluding hydrogens is 287 g/mol. The number of benzene rings is 1. The van der Waals surface area contributed by atoms with Gasteiger partial charge in [-0.3, -0.25) is 4.79 Å². The molecule has 21 heavy (non-hydrogen) atoms. The number of carbonyl (C=O) groups is 2. The van der Waals surface area contributed by atoms with Crippen molar-refractivity contribution in [2.75, 3.05) is 0 Å². The number of alkyl halides is 3. The molecular formula is C14H14F3NO3. The fourth-order valence-electron chi connectivity index (χ4n) is 1.50. The summed E-state index contributed by atoms with van der Waals surface area (Å²) in [6.07, 6.45) is -4.45. The van der Waals surface area contributed by atoms with Crippen LogP contribution in [0.2, 0.25) is 0 Å². The van der Waals surface area contributed by atoms with Crippen LogP contribution < -0.4 is 5.32 Å². The van der Waals surface area contributed by atoms with Crippen LogP contribution in [0.5, 0.6) is 0 Å². The van der Waals surface area contributed by atoms with E-state index in [2.05, 4.69) is 5.32 Å². The number of carbonyl (C=O) groups excluding carboxylic acids is 1. The van der Waals surface area contributed by atoms with Gasteiger partial charge >= 0.3 is 12.1 Å². The summed E-state index contributed by atoms with van der Waals surface area (Å²) in [6, 6.07) is 4.56. The first-order valence-corrected chi connectivity index (χ1v) is 5.98. The molecule has 0 aliphatic rings. The van der Waals surface area contributed by atoms with E-state index in [4.69, 9.17) is 5.11 Å². The summed E-state index contributed by atoms with van der Waals surface area (Å²) in [5, 5.41) is 11.1. The van der Waals surface area contributed by atoms with E-state index in [0.29, 0.717) is 0 Å². The van der Waals surface area contributed by atoms with Crippen molar-refractivity contribution in [3.63, 3.8) is 0 Å². The van der Waals surface area contributed by atoms with Crippen LogP contribution in [0.4, 0.5) is 13.2 Å². The number of carboxylic acids is 1. The zero-order chi connectivity index (χ0) is 16.2. The zero-order valence-electron chi connectivity index (χ0n) is 11.4. The molecule has 1 rings (SSSR count). The summed E-state index contributed by atoms with van der Waals surface area (Å²) < 4.78 is 37.6.